The highest BCUT2D eigenvalue weighted by atomic mass is 16.7. The first-order valence-corrected chi connectivity index (χ1v) is 5.19. The number of carboxylic acid groups (broad SMARTS) is 1. The van der Waals surface area contributed by atoms with E-state index in [1.165, 1.54) is 0 Å². The van der Waals surface area contributed by atoms with Crippen molar-refractivity contribution in [2.45, 2.75) is 42.7 Å². The van der Waals surface area contributed by atoms with E-state index >= 15 is 0 Å². The molecule has 1 fully saturated rings. The van der Waals surface area contributed by atoms with Crippen molar-refractivity contribution in [3.05, 3.63) is 0 Å². The highest BCUT2D eigenvalue weighted by Gasteiger charge is 2.53. The maximum Gasteiger partial charge on any atom is 0.364 e. The Labute approximate surface area is 101 Å². The molecule has 0 saturated carbocycles. The molecule has 1 aliphatic rings. The first-order valence-electron chi connectivity index (χ1n) is 5.19. The molecule has 0 amide bonds. The summed E-state index contributed by atoms with van der Waals surface area (Å²) in [6.07, 6.45) is -9.50. The van der Waals surface area contributed by atoms with Crippen LogP contribution in [-0.2, 0) is 9.53 Å². The van der Waals surface area contributed by atoms with Crippen LogP contribution in [0.4, 0.5) is 0 Å². The number of aliphatic carboxylic acids is 1. The molecule has 18 heavy (non-hydrogen) atoms. The van der Waals surface area contributed by atoms with E-state index in [1.807, 2.05) is 0 Å². The summed E-state index contributed by atoms with van der Waals surface area (Å²) < 4.78 is 4.63. The molecular weight excluding hydrogens is 252 g/mol. The highest BCUT2D eigenvalue weighted by Crippen LogP contribution is 2.30. The van der Waals surface area contributed by atoms with Crippen molar-refractivity contribution in [3.63, 3.8) is 0 Å². The number of aliphatic hydroxyl groups excluding tert-OH is 5. The summed E-state index contributed by atoms with van der Waals surface area (Å²) in [5, 5.41) is 64.6. The van der Waals surface area contributed by atoms with Crippen molar-refractivity contribution in [1.29, 1.82) is 0 Å². The molecule has 0 spiro atoms. The fourth-order valence-corrected chi connectivity index (χ4v) is 1.70. The van der Waals surface area contributed by atoms with Crippen LogP contribution >= 0.6 is 0 Å². The van der Waals surface area contributed by atoms with Crippen molar-refractivity contribution in [3.8, 4) is 0 Å². The average molecular weight is 268 g/mol. The van der Waals surface area contributed by atoms with Crippen LogP contribution in [0.2, 0.25) is 0 Å². The minimum Gasteiger partial charge on any atom is -0.477 e. The van der Waals surface area contributed by atoms with Gasteiger partial charge in [-0.2, -0.15) is 0 Å². The third-order valence-electron chi connectivity index (χ3n) is 2.80. The number of rotatable bonds is 4. The average Bonchev–Trinajstić information content (AvgIpc) is 2.31. The van der Waals surface area contributed by atoms with Gasteiger partial charge < -0.3 is 40.5 Å². The van der Waals surface area contributed by atoms with Crippen LogP contribution in [0.25, 0.3) is 0 Å². The zero-order valence-corrected chi connectivity index (χ0v) is 9.25. The van der Waals surface area contributed by atoms with E-state index in [0.717, 1.165) is 0 Å². The third kappa shape index (κ3) is 2.78. The van der Waals surface area contributed by atoms with Gasteiger partial charge in [-0.15, -0.1) is 0 Å². The molecule has 0 aromatic carbocycles. The van der Waals surface area contributed by atoms with Crippen LogP contribution in [-0.4, -0.2) is 84.6 Å². The molecule has 1 aliphatic heterocycles. The minimum atomic E-state index is -2.78. The minimum absolute atomic E-state index is 0.790. The molecule has 9 heteroatoms. The molecule has 0 radical (unpaired) electrons. The van der Waals surface area contributed by atoms with Crippen molar-refractivity contribution < 1.29 is 45.3 Å². The van der Waals surface area contributed by atoms with Crippen molar-refractivity contribution in [1.82, 2.24) is 0 Å². The summed E-state index contributed by atoms with van der Waals surface area (Å²) in [4.78, 5) is 10.8. The van der Waals surface area contributed by atoms with Gasteiger partial charge in [0.1, 0.15) is 24.4 Å². The summed E-state index contributed by atoms with van der Waals surface area (Å²) in [6, 6.07) is 0. The van der Waals surface area contributed by atoms with Gasteiger partial charge in [-0.3, -0.25) is 0 Å². The SMILES string of the molecule is O=C(O)[C@@]1(O)C[C@@H](O)[C@@H](O)C([C@H](O)[C@H](O)CO)O1. The van der Waals surface area contributed by atoms with E-state index in [0.29, 0.717) is 0 Å². The first kappa shape index (κ1) is 15.2. The van der Waals surface area contributed by atoms with Crippen LogP contribution in [0.3, 0.4) is 0 Å². The monoisotopic (exact) mass is 268 g/mol. The summed E-state index contributed by atoms with van der Waals surface area (Å²) in [5.41, 5.74) is 0. The zero-order valence-electron chi connectivity index (χ0n) is 9.25. The summed E-state index contributed by atoms with van der Waals surface area (Å²) in [6.45, 7) is -0.866. The Morgan fingerprint density at radius 2 is 1.94 bits per heavy atom. The molecule has 0 aromatic rings. The van der Waals surface area contributed by atoms with Gasteiger partial charge >= 0.3 is 5.97 Å². The maximum atomic E-state index is 10.8. The van der Waals surface area contributed by atoms with Gasteiger partial charge in [-0.05, 0) is 0 Å². The smallest absolute Gasteiger partial charge is 0.364 e. The molecule has 1 unspecified atom stereocenters. The quantitative estimate of drug-likeness (QED) is 0.268. The topological polar surface area (TPSA) is 168 Å². The van der Waals surface area contributed by atoms with E-state index in [1.54, 1.807) is 0 Å². The number of aliphatic hydroxyl groups is 6. The van der Waals surface area contributed by atoms with Crippen LogP contribution in [0, 0.1) is 0 Å². The molecule has 6 atom stereocenters. The number of carbonyl (C=O) groups is 1. The molecule has 1 heterocycles. The predicted molar refractivity (Wildman–Crippen MR) is 53.2 cm³/mol. The second-order valence-corrected chi connectivity index (χ2v) is 4.17. The lowest BCUT2D eigenvalue weighted by atomic mass is 9.91. The predicted octanol–water partition coefficient (Wildman–Crippen LogP) is -4.02. The van der Waals surface area contributed by atoms with E-state index in [4.69, 9.17) is 10.2 Å². The Morgan fingerprint density at radius 1 is 1.39 bits per heavy atom. The van der Waals surface area contributed by atoms with Crippen molar-refractivity contribution in [2.75, 3.05) is 6.61 Å². The Morgan fingerprint density at radius 3 is 2.39 bits per heavy atom. The first-order chi connectivity index (χ1) is 8.23. The second-order valence-electron chi connectivity index (χ2n) is 4.17. The van der Waals surface area contributed by atoms with E-state index < -0.39 is 55.3 Å². The van der Waals surface area contributed by atoms with Gasteiger partial charge in [0.05, 0.1) is 12.7 Å². The van der Waals surface area contributed by atoms with Crippen LogP contribution in [0.5, 0.6) is 0 Å². The molecular formula is C9H16O9. The van der Waals surface area contributed by atoms with Gasteiger partial charge in [0.25, 0.3) is 5.79 Å². The van der Waals surface area contributed by atoms with Crippen LogP contribution < -0.4 is 0 Å². The third-order valence-corrected chi connectivity index (χ3v) is 2.80. The molecule has 0 bridgehead atoms. The van der Waals surface area contributed by atoms with Gasteiger partial charge in [-0.25, -0.2) is 4.79 Å². The molecule has 9 nitrogen and oxygen atoms in total. The molecule has 106 valence electrons. The molecule has 1 rings (SSSR count). The van der Waals surface area contributed by atoms with Gasteiger partial charge in [-0.1, -0.05) is 0 Å². The molecule has 0 aromatic heterocycles. The molecule has 7 N–H and O–H groups in total. The molecule has 1 saturated heterocycles. The Hall–Kier alpha value is -0.810. The fraction of sp³-hybridized carbons (Fsp3) is 0.889. The second kappa shape index (κ2) is 5.45. The lowest BCUT2D eigenvalue weighted by molar-refractivity contribution is -0.312. The summed E-state index contributed by atoms with van der Waals surface area (Å²) in [5.74, 6) is -4.58. The van der Waals surface area contributed by atoms with Gasteiger partial charge in [0, 0.05) is 6.42 Å². The Kier molecular flexibility index (Phi) is 4.61. The number of hydrogen-bond acceptors (Lipinski definition) is 8. The van der Waals surface area contributed by atoms with Crippen molar-refractivity contribution in [2.24, 2.45) is 0 Å². The number of carboxylic acids is 1. The lowest BCUT2D eigenvalue weighted by Crippen LogP contribution is -2.63. The van der Waals surface area contributed by atoms with Crippen LogP contribution in [0.1, 0.15) is 6.42 Å². The van der Waals surface area contributed by atoms with Crippen LogP contribution in [0.15, 0.2) is 0 Å². The Bertz CT molecular complexity index is 308. The summed E-state index contributed by atoms with van der Waals surface area (Å²) >= 11 is 0. The Balaban J connectivity index is 2.92. The number of hydrogen-bond donors (Lipinski definition) is 7. The van der Waals surface area contributed by atoms with E-state index in [9.17, 15) is 30.3 Å². The van der Waals surface area contributed by atoms with Gasteiger partial charge in [0.15, 0.2) is 0 Å². The molecule has 0 aliphatic carbocycles. The van der Waals surface area contributed by atoms with Gasteiger partial charge in [0.2, 0.25) is 0 Å². The highest BCUT2D eigenvalue weighted by molar-refractivity contribution is 5.75. The van der Waals surface area contributed by atoms with E-state index in [2.05, 4.69) is 4.74 Å². The fourth-order valence-electron chi connectivity index (χ4n) is 1.70. The maximum absolute atomic E-state index is 10.8. The summed E-state index contributed by atoms with van der Waals surface area (Å²) in [7, 11) is 0. The lowest BCUT2D eigenvalue weighted by Gasteiger charge is -2.42. The normalized spacial score (nSPS) is 40.2. The largest absolute Gasteiger partial charge is 0.477 e. The van der Waals surface area contributed by atoms with Crippen molar-refractivity contribution >= 4 is 5.97 Å². The van der Waals surface area contributed by atoms with E-state index in [-0.39, 0.29) is 0 Å². The number of ether oxygens (including phenoxy) is 1. The zero-order chi connectivity index (χ0) is 14.1. The standard InChI is InChI=1S/C9H16O9/c10-2-4(12)6(14)7-5(13)3(11)1-9(17,18-7)8(15)16/h3-7,10-14,17H,1-2H2,(H,15,16)/t3-,4-,5-,6-,7?,9-/m1/s1.